The monoisotopic (exact) mass is 278 g/mol. The molecule has 5 heteroatoms. The topological polar surface area (TPSA) is 34.0 Å². The highest BCUT2D eigenvalue weighted by molar-refractivity contribution is 5.43. The molecule has 3 nitrogen and oxygen atoms in total. The molecule has 0 fully saturated rings. The van der Waals surface area contributed by atoms with E-state index >= 15 is 0 Å². The lowest BCUT2D eigenvalue weighted by Crippen LogP contribution is -2.18. The number of nitrogens with one attached hydrogen (secondary N) is 1. The summed E-state index contributed by atoms with van der Waals surface area (Å²) in [6, 6.07) is 6.03. The van der Waals surface area contributed by atoms with E-state index in [4.69, 9.17) is 0 Å². The summed E-state index contributed by atoms with van der Waals surface area (Å²) in [6.45, 7) is 4.15. The zero-order valence-electron chi connectivity index (χ0n) is 11.4. The number of benzene rings is 1. The zero-order valence-corrected chi connectivity index (χ0v) is 11.4. The maximum Gasteiger partial charge on any atom is 0.250 e. The number of anilines is 1. The van der Waals surface area contributed by atoms with Gasteiger partial charge in [0.1, 0.15) is 11.6 Å². The van der Waals surface area contributed by atoms with Crippen LogP contribution in [0.25, 0.3) is 0 Å². The van der Waals surface area contributed by atoms with Crippen LogP contribution in [0, 0.1) is 11.6 Å². The van der Waals surface area contributed by atoms with Crippen LogP contribution < -0.4 is 10.9 Å². The molecule has 0 spiro atoms. The molecule has 106 valence electrons. The first-order valence-electron chi connectivity index (χ1n) is 6.43. The number of hydrogen-bond donors (Lipinski definition) is 1. The standard InChI is InChI=1S/C15H16F2N2O/c1-3-19-9-12(5-7-15(19)20)18-10(2)13-8-11(16)4-6-14(13)17/h4-10,18H,3H2,1-2H3. The second kappa shape index (κ2) is 5.86. The van der Waals surface area contributed by atoms with E-state index in [1.165, 1.54) is 16.7 Å². The molecule has 1 aromatic heterocycles. The van der Waals surface area contributed by atoms with Crippen molar-refractivity contribution in [2.45, 2.75) is 26.4 Å². The normalized spacial score (nSPS) is 12.2. The number of aromatic nitrogens is 1. The van der Waals surface area contributed by atoms with E-state index in [1.807, 2.05) is 6.92 Å². The van der Waals surface area contributed by atoms with Gasteiger partial charge in [0.2, 0.25) is 0 Å². The first kappa shape index (κ1) is 14.2. The lowest BCUT2D eigenvalue weighted by Gasteiger charge is -2.17. The summed E-state index contributed by atoms with van der Waals surface area (Å²) in [6.07, 6.45) is 1.66. The molecule has 1 atom stereocenters. The van der Waals surface area contributed by atoms with Crippen LogP contribution in [0.5, 0.6) is 0 Å². The Morgan fingerprint density at radius 1 is 1.25 bits per heavy atom. The minimum Gasteiger partial charge on any atom is -0.377 e. The van der Waals surface area contributed by atoms with Crippen LogP contribution >= 0.6 is 0 Å². The van der Waals surface area contributed by atoms with Crippen LogP contribution in [-0.2, 0) is 6.54 Å². The average molecular weight is 278 g/mol. The molecule has 2 aromatic rings. The summed E-state index contributed by atoms with van der Waals surface area (Å²) in [5.74, 6) is -0.941. The summed E-state index contributed by atoms with van der Waals surface area (Å²) in [7, 11) is 0. The summed E-state index contributed by atoms with van der Waals surface area (Å²) < 4.78 is 28.4. The molecule has 1 unspecified atom stereocenters. The van der Waals surface area contributed by atoms with Crippen molar-refractivity contribution in [1.29, 1.82) is 0 Å². The predicted octanol–water partition coefficient (Wildman–Crippen LogP) is 3.32. The quantitative estimate of drug-likeness (QED) is 0.931. The maximum absolute atomic E-state index is 13.7. The zero-order chi connectivity index (χ0) is 14.7. The van der Waals surface area contributed by atoms with Crippen LogP contribution in [0.2, 0.25) is 0 Å². The second-order valence-electron chi connectivity index (χ2n) is 4.57. The van der Waals surface area contributed by atoms with Crippen LogP contribution in [0.3, 0.4) is 0 Å². The Balaban J connectivity index is 2.25. The second-order valence-corrected chi connectivity index (χ2v) is 4.57. The molecule has 0 aliphatic heterocycles. The van der Waals surface area contributed by atoms with Crippen molar-refractivity contribution < 1.29 is 8.78 Å². The number of nitrogens with zero attached hydrogens (tertiary/aromatic N) is 1. The average Bonchev–Trinajstić information content (AvgIpc) is 2.43. The molecule has 1 aromatic carbocycles. The van der Waals surface area contributed by atoms with Gasteiger partial charge in [0.15, 0.2) is 0 Å². The summed E-state index contributed by atoms with van der Waals surface area (Å²) in [4.78, 5) is 11.5. The van der Waals surface area contributed by atoms with Crippen molar-refractivity contribution in [3.8, 4) is 0 Å². The van der Waals surface area contributed by atoms with E-state index in [9.17, 15) is 13.6 Å². The van der Waals surface area contributed by atoms with Gasteiger partial charge in [0.25, 0.3) is 5.56 Å². The number of hydrogen-bond acceptors (Lipinski definition) is 2. The molecule has 20 heavy (non-hydrogen) atoms. The SMILES string of the molecule is CCn1cc(NC(C)c2cc(F)ccc2F)ccc1=O. The summed E-state index contributed by atoms with van der Waals surface area (Å²) in [5, 5.41) is 3.06. The van der Waals surface area contributed by atoms with E-state index in [1.54, 1.807) is 19.2 Å². The van der Waals surface area contributed by atoms with Crippen LogP contribution in [0.1, 0.15) is 25.5 Å². The molecule has 2 rings (SSSR count). The Kier molecular flexibility index (Phi) is 4.17. The Labute approximate surface area is 115 Å². The molecule has 0 saturated heterocycles. The van der Waals surface area contributed by atoms with Gasteiger partial charge in [-0.25, -0.2) is 8.78 Å². The minimum atomic E-state index is -0.478. The maximum atomic E-state index is 13.7. The van der Waals surface area contributed by atoms with Crippen molar-refractivity contribution in [3.63, 3.8) is 0 Å². The first-order chi connectivity index (χ1) is 9.51. The fourth-order valence-electron chi connectivity index (χ4n) is 2.04. The third-order valence-electron chi connectivity index (χ3n) is 3.13. The van der Waals surface area contributed by atoms with E-state index in [0.29, 0.717) is 12.2 Å². The molecule has 0 radical (unpaired) electrons. The predicted molar refractivity (Wildman–Crippen MR) is 74.8 cm³/mol. The molecule has 0 amide bonds. The molecule has 0 saturated carbocycles. The van der Waals surface area contributed by atoms with Crippen molar-refractivity contribution in [2.75, 3.05) is 5.32 Å². The van der Waals surface area contributed by atoms with Gasteiger partial charge >= 0.3 is 0 Å². The van der Waals surface area contributed by atoms with Gasteiger partial charge in [0.05, 0.1) is 11.7 Å². The van der Waals surface area contributed by atoms with Gasteiger partial charge in [-0.05, 0) is 38.1 Å². The van der Waals surface area contributed by atoms with Gasteiger partial charge in [-0.15, -0.1) is 0 Å². The largest absolute Gasteiger partial charge is 0.377 e. The van der Waals surface area contributed by atoms with E-state index in [0.717, 1.165) is 12.1 Å². The van der Waals surface area contributed by atoms with Crippen LogP contribution in [0.4, 0.5) is 14.5 Å². The number of halogens is 2. The lowest BCUT2D eigenvalue weighted by atomic mass is 10.1. The Morgan fingerprint density at radius 3 is 2.70 bits per heavy atom. The fourth-order valence-corrected chi connectivity index (χ4v) is 2.04. The molecular formula is C15H16F2N2O. The van der Waals surface area contributed by atoms with Gasteiger partial charge in [-0.3, -0.25) is 4.79 Å². The van der Waals surface area contributed by atoms with Crippen molar-refractivity contribution >= 4 is 5.69 Å². The van der Waals surface area contributed by atoms with Crippen LogP contribution in [-0.4, -0.2) is 4.57 Å². The highest BCUT2D eigenvalue weighted by atomic mass is 19.1. The van der Waals surface area contributed by atoms with E-state index < -0.39 is 17.7 Å². The molecular weight excluding hydrogens is 262 g/mol. The third-order valence-corrected chi connectivity index (χ3v) is 3.13. The van der Waals surface area contributed by atoms with E-state index in [2.05, 4.69) is 5.32 Å². The molecule has 1 N–H and O–H groups in total. The Hall–Kier alpha value is -2.17. The van der Waals surface area contributed by atoms with Crippen molar-refractivity contribution in [1.82, 2.24) is 4.57 Å². The number of pyridine rings is 1. The van der Waals surface area contributed by atoms with Gasteiger partial charge in [-0.2, -0.15) is 0 Å². The van der Waals surface area contributed by atoms with Gasteiger partial charge < -0.3 is 9.88 Å². The smallest absolute Gasteiger partial charge is 0.250 e. The van der Waals surface area contributed by atoms with Gasteiger partial charge in [0, 0.05) is 24.4 Å². The molecule has 0 aliphatic rings. The van der Waals surface area contributed by atoms with Crippen LogP contribution in [0.15, 0.2) is 41.3 Å². The highest BCUT2D eigenvalue weighted by Crippen LogP contribution is 2.22. The van der Waals surface area contributed by atoms with Crippen molar-refractivity contribution in [2.24, 2.45) is 0 Å². The lowest BCUT2D eigenvalue weighted by molar-refractivity contribution is 0.577. The minimum absolute atomic E-state index is 0.0948. The number of rotatable bonds is 4. The first-order valence-corrected chi connectivity index (χ1v) is 6.43. The molecule has 0 aliphatic carbocycles. The summed E-state index contributed by atoms with van der Waals surface area (Å²) in [5.41, 5.74) is 0.837. The van der Waals surface area contributed by atoms with Crippen molar-refractivity contribution in [3.05, 3.63) is 64.1 Å². The molecule has 1 heterocycles. The Morgan fingerprint density at radius 2 is 2.00 bits per heavy atom. The fraction of sp³-hybridized carbons (Fsp3) is 0.267. The summed E-state index contributed by atoms with van der Waals surface area (Å²) >= 11 is 0. The van der Waals surface area contributed by atoms with E-state index in [-0.39, 0.29) is 11.1 Å². The molecule has 0 bridgehead atoms. The third kappa shape index (κ3) is 3.04. The highest BCUT2D eigenvalue weighted by Gasteiger charge is 2.12. The van der Waals surface area contributed by atoms with Gasteiger partial charge in [-0.1, -0.05) is 0 Å². The Bertz CT molecular complexity index is 667. The number of aryl methyl sites for hydroxylation is 1.